The molecule has 0 atom stereocenters. The van der Waals surface area contributed by atoms with Crippen LogP contribution in [0.1, 0.15) is 37.8 Å². The number of anilines is 1. The third-order valence-corrected chi connectivity index (χ3v) is 4.40. The highest BCUT2D eigenvalue weighted by molar-refractivity contribution is 9.10. The third kappa shape index (κ3) is 3.23. The molecule has 100 valence electrons. The second-order valence-electron chi connectivity index (χ2n) is 5.34. The molecule has 1 heterocycles. The number of halogens is 1. The number of nitrogens with one attached hydrogen (secondary N) is 1. The van der Waals surface area contributed by atoms with Gasteiger partial charge in [-0.15, -0.1) is 0 Å². The molecule has 0 spiro atoms. The molecule has 3 nitrogen and oxygen atoms in total. The highest BCUT2D eigenvalue weighted by atomic mass is 79.9. The maximum absolute atomic E-state index is 9.67. The summed E-state index contributed by atoms with van der Waals surface area (Å²) < 4.78 is 0.861. The molecule has 0 aromatic carbocycles. The summed E-state index contributed by atoms with van der Waals surface area (Å²) in [5.41, 5.74) is 2.13. The van der Waals surface area contributed by atoms with E-state index in [1.807, 2.05) is 19.1 Å². The molecular weight excluding hydrogens is 292 g/mol. The standard InChI is InChI=1S/C14H21BrN2O/c1-11-12(5-6-13(15)17-11)16-9-14(10-18)7-3-2-4-8-14/h5-6,16,18H,2-4,7-10H2,1H3. The maximum atomic E-state index is 9.67. The van der Waals surface area contributed by atoms with E-state index in [4.69, 9.17) is 0 Å². The van der Waals surface area contributed by atoms with Crippen molar-refractivity contribution in [3.8, 4) is 0 Å². The monoisotopic (exact) mass is 312 g/mol. The van der Waals surface area contributed by atoms with Crippen LogP contribution in [0.4, 0.5) is 5.69 Å². The molecule has 1 aromatic rings. The largest absolute Gasteiger partial charge is 0.396 e. The SMILES string of the molecule is Cc1nc(Br)ccc1NCC1(CO)CCCCC1. The van der Waals surface area contributed by atoms with Gasteiger partial charge < -0.3 is 10.4 Å². The number of aliphatic hydroxyl groups excluding tert-OH is 1. The lowest BCUT2D eigenvalue weighted by Crippen LogP contribution is -2.35. The predicted octanol–water partition coefficient (Wildman–Crippen LogP) is 3.51. The lowest BCUT2D eigenvalue weighted by molar-refractivity contribution is 0.0944. The van der Waals surface area contributed by atoms with Crippen molar-refractivity contribution in [2.45, 2.75) is 39.0 Å². The Morgan fingerprint density at radius 3 is 2.67 bits per heavy atom. The number of aliphatic hydroxyl groups is 1. The first-order valence-corrected chi connectivity index (χ1v) is 7.42. The van der Waals surface area contributed by atoms with Gasteiger partial charge in [0, 0.05) is 12.0 Å². The molecule has 18 heavy (non-hydrogen) atoms. The fourth-order valence-electron chi connectivity index (χ4n) is 2.69. The minimum absolute atomic E-state index is 0.0672. The van der Waals surface area contributed by atoms with Crippen molar-refractivity contribution in [3.05, 3.63) is 22.4 Å². The number of hydrogen-bond donors (Lipinski definition) is 2. The van der Waals surface area contributed by atoms with Crippen LogP contribution in [0.3, 0.4) is 0 Å². The molecule has 1 aromatic heterocycles. The normalized spacial score (nSPS) is 18.6. The Balaban J connectivity index is 2.01. The van der Waals surface area contributed by atoms with Gasteiger partial charge in [0.15, 0.2) is 0 Å². The summed E-state index contributed by atoms with van der Waals surface area (Å²) in [6.07, 6.45) is 6.03. The highest BCUT2D eigenvalue weighted by Gasteiger charge is 2.31. The summed E-state index contributed by atoms with van der Waals surface area (Å²) >= 11 is 3.37. The first kappa shape index (κ1) is 13.8. The molecule has 2 rings (SSSR count). The second-order valence-corrected chi connectivity index (χ2v) is 6.15. The molecule has 1 aliphatic carbocycles. The summed E-state index contributed by atoms with van der Waals surface area (Å²) in [4.78, 5) is 4.38. The summed E-state index contributed by atoms with van der Waals surface area (Å²) in [5, 5.41) is 13.1. The topological polar surface area (TPSA) is 45.2 Å². The Labute approximate surface area is 117 Å². The van der Waals surface area contributed by atoms with Crippen molar-refractivity contribution >= 4 is 21.6 Å². The van der Waals surface area contributed by atoms with E-state index in [9.17, 15) is 5.11 Å². The van der Waals surface area contributed by atoms with E-state index in [-0.39, 0.29) is 12.0 Å². The number of pyridine rings is 1. The predicted molar refractivity (Wildman–Crippen MR) is 77.8 cm³/mol. The first-order valence-electron chi connectivity index (χ1n) is 6.63. The van der Waals surface area contributed by atoms with Crippen molar-refractivity contribution in [2.24, 2.45) is 5.41 Å². The zero-order valence-corrected chi connectivity index (χ0v) is 12.5. The van der Waals surface area contributed by atoms with Crippen LogP contribution in [-0.2, 0) is 0 Å². The summed E-state index contributed by atoms with van der Waals surface area (Å²) in [6.45, 7) is 3.12. The van der Waals surface area contributed by atoms with Gasteiger partial charge in [-0.1, -0.05) is 19.3 Å². The van der Waals surface area contributed by atoms with Gasteiger partial charge in [0.05, 0.1) is 18.0 Å². The average molecular weight is 313 g/mol. The fraction of sp³-hybridized carbons (Fsp3) is 0.643. The van der Waals surface area contributed by atoms with Crippen molar-refractivity contribution < 1.29 is 5.11 Å². The van der Waals surface area contributed by atoms with Crippen LogP contribution in [0, 0.1) is 12.3 Å². The van der Waals surface area contributed by atoms with E-state index in [1.54, 1.807) is 0 Å². The molecule has 0 radical (unpaired) electrons. The quantitative estimate of drug-likeness (QED) is 0.836. The van der Waals surface area contributed by atoms with Gasteiger partial charge in [0.2, 0.25) is 0 Å². The number of rotatable bonds is 4. The molecule has 4 heteroatoms. The minimum Gasteiger partial charge on any atom is -0.396 e. The van der Waals surface area contributed by atoms with Crippen molar-refractivity contribution in [1.29, 1.82) is 0 Å². The summed E-state index contributed by atoms with van der Waals surface area (Å²) in [7, 11) is 0. The van der Waals surface area contributed by atoms with E-state index in [1.165, 1.54) is 19.3 Å². The zero-order valence-electron chi connectivity index (χ0n) is 10.9. The summed E-state index contributed by atoms with van der Waals surface area (Å²) in [5.74, 6) is 0. The van der Waals surface area contributed by atoms with Gasteiger partial charge >= 0.3 is 0 Å². The molecule has 1 saturated carbocycles. The van der Waals surface area contributed by atoms with Crippen LogP contribution in [0.15, 0.2) is 16.7 Å². The van der Waals surface area contributed by atoms with Gasteiger partial charge in [-0.05, 0) is 47.8 Å². The van der Waals surface area contributed by atoms with Crippen LogP contribution in [0.5, 0.6) is 0 Å². The lowest BCUT2D eigenvalue weighted by atomic mass is 9.74. The van der Waals surface area contributed by atoms with Crippen LogP contribution in [0.2, 0.25) is 0 Å². The molecule has 0 saturated heterocycles. The van der Waals surface area contributed by atoms with Gasteiger partial charge in [-0.25, -0.2) is 4.98 Å². The fourth-order valence-corrected chi connectivity index (χ4v) is 3.09. The van der Waals surface area contributed by atoms with E-state index in [2.05, 4.69) is 26.2 Å². The number of hydrogen-bond acceptors (Lipinski definition) is 3. The number of nitrogens with zero attached hydrogens (tertiary/aromatic N) is 1. The van der Waals surface area contributed by atoms with Crippen LogP contribution in [-0.4, -0.2) is 23.2 Å². The Morgan fingerprint density at radius 1 is 1.33 bits per heavy atom. The second kappa shape index (κ2) is 6.02. The molecule has 2 N–H and O–H groups in total. The molecule has 1 aliphatic rings. The van der Waals surface area contributed by atoms with Crippen LogP contribution >= 0.6 is 15.9 Å². The lowest BCUT2D eigenvalue weighted by Gasteiger charge is -2.36. The van der Waals surface area contributed by atoms with E-state index < -0.39 is 0 Å². The minimum atomic E-state index is 0.0672. The Bertz CT molecular complexity index is 403. The maximum Gasteiger partial charge on any atom is 0.106 e. The van der Waals surface area contributed by atoms with E-state index >= 15 is 0 Å². The first-order chi connectivity index (χ1) is 8.65. The molecule has 0 bridgehead atoms. The smallest absolute Gasteiger partial charge is 0.106 e. The molecular formula is C14H21BrN2O. The zero-order chi connectivity index (χ0) is 13.0. The Hall–Kier alpha value is -0.610. The summed E-state index contributed by atoms with van der Waals surface area (Å²) in [6, 6.07) is 3.99. The van der Waals surface area contributed by atoms with Gasteiger partial charge in [-0.3, -0.25) is 0 Å². The highest BCUT2D eigenvalue weighted by Crippen LogP contribution is 2.36. The average Bonchev–Trinajstić information content (AvgIpc) is 2.39. The van der Waals surface area contributed by atoms with Crippen LogP contribution < -0.4 is 5.32 Å². The molecule has 1 fully saturated rings. The van der Waals surface area contributed by atoms with Crippen LogP contribution in [0.25, 0.3) is 0 Å². The van der Waals surface area contributed by atoms with Crippen molar-refractivity contribution in [1.82, 2.24) is 4.98 Å². The Morgan fingerprint density at radius 2 is 2.06 bits per heavy atom. The number of aromatic nitrogens is 1. The molecule has 0 unspecified atom stereocenters. The van der Waals surface area contributed by atoms with Crippen molar-refractivity contribution in [2.75, 3.05) is 18.5 Å². The van der Waals surface area contributed by atoms with Crippen molar-refractivity contribution in [3.63, 3.8) is 0 Å². The van der Waals surface area contributed by atoms with Gasteiger partial charge in [0.25, 0.3) is 0 Å². The third-order valence-electron chi connectivity index (χ3n) is 3.96. The molecule has 0 amide bonds. The molecule has 0 aliphatic heterocycles. The van der Waals surface area contributed by atoms with E-state index in [0.717, 1.165) is 35.4 Å². The van der Waals surface area contributed by atoms with Gasteiger partial charge in [0.1, 0.15) is 4.60 Å². The Kier molecular flexibility index (Phi) is 4.62. The van der Waals surface area contributed by atoms with E-state index in [0.29, 0.717) is 0 Å². The van der Waals surface area contributed by atoms with Gasteiger partial charge in [-0.2, -0.15) is 0 Å². The number of aryl methyl sites for hydroxylation is 1.